The third-order valence-electron chi connectivity index (χ3n) is 3.11. The monoisotopic (exact) mass is 230 g/mol. The summed E-state index contributed by atoms with van der Waals surface area (Å²) in [4.78, 5) is 12.0. The predicted molar refractivity (Wildman–Crippen MR) is 67.7 cm³/mol. The number of nitrogens with zero attached hydrogens (tertiary/aromatic N) is 1. The molecular weight excluding hydrogens is 212 g/mol. The van der Waals surface area contributed by atoms with Crippen LogP contribution in [0.1, 0.15) is 41.8 Å². The van der Waals surface area contributed by atoms with Gasteiger partial charge in [-0.15, -0.1) is 0 Å². The van der Waals surface area contributed by atoms with Gasteiger partial charge in [-0.1, -0.05) is 13.0 Å². The summed E-state index contributed by atoms with van der Waals surface area (Å²) in [5.41, 5.74) is 2.03. The molecule has 0 spiro atoms. The van der Waals surface area contributed by atoms with Gasteiger partial charge in [0.2, 0.25) is 0 Å². The maximum absolute atomic E-state index is 12.0. The Morgan fingerprint density at radius 2 is 2.06 bits per heavy atom. The standard InChI is InChI=1S/C14H18N2O/c1-5-14(4,9-15)16-13(17)12-7-6-10(2)11(3)8-12/h6-8H,5H2,1-4H3,(H,16,17). The lowest BCUT2D eigenvalue weighted by Gasteiger charge is -2.21. The molecule has 0 aliphatic rings. The van der Waals surface area contributed by atoms with Crippen LogP contribution in [0.3, 0.4) is 0 Å². The maximum atomic E-state index is 12.0. The van der Waals surface area contributed by atoms with Crippen molar-refractivity contribution in [2.75, 3.05) is 0 Å². The largest absolute Gasteiger partial charge is 0.334 e. The van der Waals surface area contributed by atoms with Crippen LogP contribution in [0.15, 0.2) is 18.2 Å². The fraction of sp³-hybridized carbons (Fsp3) is 0.429. The molecule has 3 nitrogen and oxygen atoms in total. The van der Waals surface area contributed by atoms with Crippen LogP contribution in [0.5, 0.6) is 0 Å². The number of hydrogen-bond acceptors (Lipinski definition) is 2. The van der Waals surface area contributed by atoms with Crippen molar-refractivity contribution in [3.63, 3.8) is 0 Å². The first-order valence-electron chi connectivity index (χ1n) is 5.73. The molecule has 0 heterocycles. The zero-order valence-corrected chi connectivity index (χ0v) is 10.8. The molecule has 1 amide bonds. The van der Waals surface area contributed by atoms with Crippen LogP contribution in [0.4, 0.5) is 0 Å². The van der Waals surface area contributed by atoms with Crippen molar-refractivity contribution in [3.8, 4) is 6.07 Å². The van der Waals surface area contributed by atoms with Gasteiger partial charge in [-0.05, 0) is 50.5 Å². The van der Waals surface area contributed by atoms with E-state index in [1.165, 1.54) is 0 Å². The Morgan fingerprint density at radius 3 is 2.53 bits per heavy atom. The van der Waals surface area contributed by atoms with Gasteiger partial charge < -0.3 is 5.32 Å². The number of aryl methyl sites for hydroxylation is 2. The van der Waals surface area contributed by atoms with Crippen molar-refractivity contribution in [3.05, 3.63) is 34.9 Å². The molecule has 1 unspecified atom stereocenters. The number of carbonyl (C=O) groups is 1. The molecule has 0 saturated carbocycles. The number of nitriles is 1. The van der Waals surface area contributed by atoms with Crippen molar-refractivity contribution in [1.29, 1.82) is 5.26 Å². The normalized spacial score (nSPS) is 13.6. The Kier molecular flexibility index (Phi) is 3.90. The molecule has 0 aromatic heterocycles. The van der Waals surface area contributed by atoms with Gasteiger partial charge >= 0.3 is 0 Å². The summed E-state index contributed by atoms with van der Waals surface area (Å²) >= 11 is 0. The van der Waals surface area contributed by atoms with E-state index < -0.39 is 5.54 Å². The van der Waals surface area contributed by atoms with Gasteiger partial charge in [0.15, 0.2) is 0 Å². The fourth-order valence-corrected chi connectivity index (χ4v) is 1.40. The van der Waals surface area contributed by atoms with E-state index >= 15 is 0 Å². The van der Waals surface area contributed by atoms with E-state index in [9.17, 15) is 4.79 Å². The highest BCUT2D eigenvalue weighted by atomic mass is 16.1. The smallest absolute Gasteiger partial charge is 0.252 e. The van der Waals surface area contributed by atoms with E-state index in [1.807, 2.05) is 32.9 Å². The van der Waals surface area contributed by atoms with Crippen molar-refractivity contribution < 1.29 is 4.79 Å². The second-order valence-electron chi connectivity index (χ2n) is 4.55. The lowest BCUT2D eigenvalue weighted by molar-refractivity contribution is 0.0923. The molecule has 0 fully saturated rings. The van der Waals surface area contributed by atoms with Gasteiger partial charge in [-0.3, -0.25) is 4.79 Å². The summed E-state index contributed by atoms with van der Waals surface area (Å²) in [6.07, 6.45) is 0.583. The minimum Gasteiger partial charge on any atom is -0.334 e. The van der Waals surface area contributed by atoms with Crippen LogP contribution in [0, 0.1) is 25.2 Å². The number of nitrogens with one attached hydrogen (secondary N) is 1. The highest BCUT2D eigenvalue weighted by Gasteiger charge is 2.24. The Labute approximate surface area is 102 Å². The van der Waals surface area contributed by atoms with E-state index in [2.05, 4.69) is 11.4 Å². The summed E-state index contributed by atoms with van der Waals surface area (Å²) in [6, 6.07) is 7.67. The zero-order valence-electron chi connectivity index (χ0n) is 10.8. The van der Waals surface area contributed by atoms with Gasteiger partial charge in [0.1, 0.15) is 5.54 Å². The van der Waals surface area contributed by atoms with Gasteiger partial charge in [-0.2, -0.15) is 5.26 Å². The third kappa shape index (κ3) is 3.07. The van der Waals surface area contributed by atoms with Crippen LogP contribution >= 0.6 is 0 Å². The number of rotatable bonds is 3. The Balaban J connectivity index is 2.91. The van der Waals surface area contributed by atoms with Crippen molar-refractivity contribution in [2.45, 2.75) is 39.7 Å². The van der Waals surface area contributed by atoms with Crippen molar-refractivity contribution in [2.24, 2.45) is 0 Å². The zero-order chi connectivity index (χ0) is 13.1. The van der Waals surface area contributed by atoms with Crippen LogP contribution in [0.2, 0.25) is 0 Å². The van der Waals surface area contributed by atoms with E-state index in [1.54, 1.807) is 13.0 Å². The van der Waals surface area contributed by atoms with Gasteiger partial charge in [0.05, 0.1) is 6.07 Å². The van der Waals surface area contributed by atoms with Crippen molar-refractivity contribution in [1.82, 2.24) is 5.32 Å². The van der Waals surface area contributed by atoms with Crippen molar-refractivity contribution >= 4 is 5.91 Å². The maximum Gasteiger partial charge on any atom is 0.252 e. The lowest BCUT2D eigenvalue weighted by Crippen LogP contribution is -2.44. The first-order valence-corrected chi connectivity index (χ1v) is 5.73. The highest BCUT2D eigenvalue weighted by molar-refractivity contribution is 5.95. The Bertz CT molecular complexity index is 474. The topological polar surface area (TPSA) is 52.9 Å². The van der Waals surface area contributed by atoms with E-state index in [0.717, 1.165) is 11.1 Å². The number of benzene rings is 1. The molecule has 0 bridgehead atoms. The van der Waals surface area contributed by atoms with Gasteiger partial charge in [0, 0.05) is 5.56 Å². The molecule has 1 atom stereocenters. The van der Waals surface area contributed by atoms with E-state index in [0.29, 0.717) is 12.0 Å². The number of amides is 1. The highest BCUT2D eigenvalue weighted by Crippen LogP contribution is 2.12. The molecule has 17 heavy (non-hydrogen) atoms. The molecule has 1 aromatic rings. The Hall–Kier alpha value is -1.82. The lowest BCUT2D eigenvalue weighted by atomic mass is 9.99. The molecule has 90 valence electrons. The van der Waals surface area contributed by atoms with Crippen LogP contribution in [0.25, 0.3) is 0 Å². The van der Waals surface area contributed by atoms with Crippen LogP contribution in [-0.4, -0.2) is 11.4 Å². The first kappa shape index (κ1) is 13.2. The summed E-state index contributed by atoms with van der Waals surface area (Å²) in [5.74, 6) is -0.195. The fourth-order valence-electron chi connectivity index (χ4n) is 1.40. The average Bonchev–Trinajstić information content (AvgIpc) is 2.32. The number of hydrogen-bond donors (Lipinski definition) is 1. The molecule has 0 aliphatic heterocycles. The quantitative estimate of drug-likeness (QED) is 0.868. The minimum atomic E-state index is -0.796. The molecule has 0 saturated heterocycles. The molecule has 1 N–H and O–H groups in total. The number of carbonyl (C=O) groups excluding carboxylic acids is 1. The van der Waals surface area contributed by atoms with Gasteiger partial charge in [0.25, 0.3) is 5.91 Å². The Morgan fingerprint density at radius 1 is 1.41 bits per heavy atom. The average molecular weight is 230 g/mol. The van der Waals surface area contributed by atoms with E-state index in [-0.39, 0.29) is 5.91 Å². The molecular formula is C14H18N2O. The van der Waals surface area contributed by atoms with Crippen LogP contribution in [-0.2, 0) is 0 Å². The van der Waals surface area contributed by atoms with E-state index in [4.69, 9.17) is 5.26 Å². The predicted octanol–water partition coefficient (Wildman–Crippen LogP) is 2.73. The summed E-state index contributed by atoms with van der Waals surface area (Å²) in [7, 11) is 0. The summed E-state index contributed by atoms with van der Waals surface area (Å²) in [6.45, 7) is 7.58. The summed E-state index contributed by atoms with van der Waals surface area (Å²) < 4.78 is 0. The molecule has 1 rings (SSSR count). The SMILES string of the molecule is CCC(C)(C#N)NC(=O)c1ccc(C)c(C)c1. The first-order chi connectivity index (χ1) is 7.91. The van der Waals surface area contributed by atoms with Gasteiger partial charge in [-0.25, -0.2) is 0 Å². The molecule has 3 heteroatoms. The third-order valence-corrected chi connectivity index (χ3v) is 3.11. The second kappa shape index (κ2) is 5.01. The van der Waals surface area contributed by atoms with Crippen LogP contribution < -0.4 is 5.32 Å². The molecule has 1 aromatic carbocycles. The summed E-state index contributed by atoms with van der Waals surface area (Å²) in [5, 5.41) is 11.8. The second-order valence-corrected chi connectivity index (χ2v) is 4.55. The minimum absolute atomic E-state index is 0.195. The molecule has 0 radical (unpaired) electrons. The molecule has 0 aliphatic carbocycles.